The molecular weight excluding hydrogens is 526 g/mol. The molecule has 1 N–H and O–H groups in total. The van der Waals surface area contributed by atoms with Gasteiger partial charge in [-0.25, -0.2) is 8.42 Å². The van der Waals surface area contributed by atoms with Crippen molar-refractivity contribution < 1.29 is 22.7 Å². The van der Waals surface area contributed by atoms with E-state index in [0.717, 1.165) is 28.3 Å². The third kappa shape index (κ3) is 7.85. The number of carbonyl (C=O) groups is 2. The van der Waals surface area contributed by atoms with Crippen LogP contribution in [0.2, 0.25) is 0 Å². The van der Waals surface area contributed by atoms with Gasteiger partial charge in [-0.05, 0) is 61.7 Å². The molecule has 3 rings (SSSR count). The van der Waals surface area contributed by atoms with E-state index in [4.69, 9.17) is 4.74 Å². The Hall–Kier alpha value is -3.85. The number of hydrogen-bond donors (Lipinski definition) is 1. The summed E-state index contributed by atoms with van der Waals surface area (Å²) < 4.78 is 34.0. The van der Waals surface area contributed by atoms with E-state index in [0.29, 0.717) is 24.4 Å². The highest BCUT2D eigenvalue weighted by Gasteiger charge is 2.33. The number of sulfonamides is 1. The normalized spacial score (nSPS) is 11.9. The minimum Gasteiger partial charge on any atom is -0.497 e. The van der Waals surface area contributed by atoms with Gasteiger partial charge in [0.25, 0.3) is 10.0 Å². The Morgan fingerprint density at radius 2 is 1.57 bits per heavy atom. The number of nitrogens with zero attached hydrogens (tertiary/aromatic N) is 2. The van der Waals surface area contributed by atoms with Crippen molar-refractivity contribution in [1.29, 1.82) is 0 Å². The molecule has 214 valence electrons. The van der Waals surface area contributed by atoms with Crippen molar-refractivity contribution in [2.75, 3.05) is 24.5 Å². The van der Waals surface area contributed by atoms with Gasteiger partial charge in [0, 0.05) is 13.1 Å². The van der Waals surface area contributed by atoms with Crippen molar-refractivity contribution in [2.45, 2.75) is 57.5 Å². The van der Waals surface area contributed by atoms with E-state index in [-0.39, 0.29) is 17.3 Å². The molecule has 0 aliphatic rings. The first kappa shape index (κ1) is 30.7. The van der Waals surface area contributed by atoms with Crippen LogP contribution in [0.4, 0.5) is 5.69 Å². The van der Waals surface area contributed by atoms with Crippen molar-refractivity contribution in [2.24, 2.45) is 0 Å². The second-order valence-corrected chi connectivity index (χ2v) is 11.5. The summed E-state index contributed by atoms with van der Waals surface area (Å²) in [6.45, 7) is 6.07. The summed E-state index contributed by atoms with van der Waals surface area (Å²) in [6, 6.07) is 21.5. The Morgan fingerprint density at radius 1 is 0.925 bits per heavy atom. The summed E-state index contributed by atoms with van der Waals surface area (Å²) in [5.41, 5.74) is 2.24. The molecule has 9 heteroatoms. The van der Waals surface area contributed by atoms with Gasteiger partial charge in [-0.3, -0.25) is 13.9 Å². The largest absolute Gasteiger partial charge is 0.497 e. The van der Waals surface area contributed by atoms with Crippen LogP contribution in [-0.2, 0) is 26.2 Å². The summed E-state index contributed by atoms with van der Waals surface area (Å²) in [6.07, 6.45) is 2.13. The lowest BCUT2D eigenvalue weighted by molar-refractivity contribution is -0.140. The molecule has 0 bridgehead atoms. The molecule has 2 amide bonds. The van der Waals surface area contributed by atoms with Gasteiger partial charge in [-0.15, -0.1) is 0 Å². The SMILES string of the molecule is CCCCNC(=O)[C@H](CC)N(Cc1ccc(C)cc1)C(=O)CN(c1ccc(OC)cc1)S(=O)(=O)c1ccccc1. The van der Waals surface area contributed by atoms with Crippen LogP contribution in [0, 0.1) is 6.92 Å². The Morgan fingerprint density at radius 3 is 2.15 bits per heavy atom. The average Bonchev–Trinajstić information content (AvgIpc) is 2.97. The van der Waals surface area contributed by atoms with Crippen LogP contribution in [0.5, 0.6) is 5.75 Å². The number of aryl methyl sites for hydroxylation is 1. The number of benzene rings is 3. The first-order valence-electron chi connectivity index (χ1n) is 13.6. The fraction of sp³-hybridized carbons (Fsp3) is 0.355. The fourth-order valence-electron chi connectivity index (χ4n) is 4.31. The summed E-state index contributed by atoms with van der Waals surface area (Å²) in [4.78, 5) is 28.8. The number of nitrogens with one attached hydrogen (secondary N) is 1. The molecule has 8 nitrogen and oxygen atoms in total. The summed E-state index contributed by atoms with van der Waals surface area (Å²) in [5.74, 6) is -0.172. The van der Waals surface area contributed by atoms with Crippen molar-refractivity contribution >= 4 is 27.5 Å². The zero-order valence-electron chi connectivity index (χ0n) is 23.7. The topological polar surface area (TPSA) is 96.0 Å². The molecule has 0 heterocycles. The second kappa shape index (κ2) is 14.5. The summed E-state index contributed by atoms with van der Waals surface area (Å²) in [7, 11) is -2.58. The number of rotatable bonds is 14. The van der Waals surface area contributed by atoms with Crippen LogP contribution in [0.3, 0.4) is 0 Å². The van der Waals surface area contributed by atoms with E-state index in [1.54, 1.807) is 42.5 Å². The number of anilines is 1. The molecule has 0 saturated carbocycles. The van der Waals surface area contributed by atoms with E-state index < -0.39 is 28.5 Å². The average molecular weight is 566 g/mol. The number of hydrogen-bond acceptors (Lipinski definition) is 5. The monoisotopic (exact) mass is 565 g/mol. The molecule has 0 saturated heterocycles. The zero-order valence-corrected chi connectivity index (χ0v) is 24.5. The first-order chi connectivity index (χ1) is 19.2. The number of amides is 2. The van der Waals surface area contributed by atoms with Gasteiger partial charge < -0.3 is 15.0 Å². The number of methoxy groups -OCH3 is 1. The Labute approximate surface area is 238 Å². The van der Waals surface area contributed by atoms with Crippen LogP contribution in [0.1, 0.15) is 44.2 Å². The molecule has 1 atom stereocenters. The standard InChI is InChI=1S/C31H39N3O5S/c1-5-7-21-32-31(36)29(6-2)33(22-25-15-13-24(3)14-16-25)30(35)23-34(26-17-19-27(39-4)20-18-26)40(37,38)28-11-9-8-10-12-28/h8-20,29H,5-7,21-23H2,1-4H3,(H,32,36)/t29-/m0/s1. The van der Waals surface area contributed by atoms with Crippen molar-refractivity contribution in [1.82, 2.24) is 10.2 Å². The van der Waals surface area contributed by atoms with Gasteiger partial charge in [-0.2, -0.15) is 0 Å². The quantitative estimate of drug-likeness (QED) is 0.280. The lowest BCUT2D eigenvalue weighted by Crippen LogP contribution is -2.52. The maximum Gasteiger partial charge on any atom is 0.264 e. The van der Waals surface area contributed by atoms with Gasteiger partial charge in [0.2, 0.25) is 11.8 Å². The summed E-state index contributed by atoms with van der Waals surface area (Å²) >= 11 is 0. The van der Waals surface area contributed by atoms with Gasteiger partial charge in [-0.1, -0.05) is 68.3 Å². The minimum absolute atomic E-state index is 0.0630. The number of unbranched alkanes of at least 4 members (excludes halogenated alkanes) is 1. The maximum atomic E-state index is 14.0. The highest BCUT2D eigenvalue weighted by Crippen LogP contribution is 2.26. The summed E-state index contributed by atoms with van der Waals surface area (Å²) in [5, 5.41) is 2.94. The molecular formula is C31H39N3O5S. The Balaban J connectivity index is 2.02. The number of ether oxygens (including phenoxy) is 1. The lowest BCUT2D eigenvalue weighted by Gasteiger charge is -2.33. The predicted molar refractivity (Wildman–Crippen MR) is 158 cm³/mol. The van der Waals surface area contributed by atoms with Crippen molar-refractivity contribution in [3.05, 3.63) is 90.0 Å². The van der Waals surface area contributed by atoms with Crippen LogP contribution >= 0.6 is 0 Å². The molecule has 3 aromatic rings. The van der Waals surface area contributed by atoms with Crippen molar-refractivity contribution in [3.8, 4) is 5.75 Å². The van der Waals surface area contributed by atoms with E-state index in [1.165, 1.54) is 24.1 Å². The van der Waals surface area contributed by atoms with Crippen LogP contribution < -0.4 is 14.4 Å². The third-order valence-electron chi connectivity index (χ3n) is 6.66. The minimum atomic E-state index is -4.11. The lowest BCUT2D eigenvalue weighted by atomic mass is 10.1. The van der Waals surface area contributed by atoms with Crippen molar-refractivity contribution in [3.63, 3.8) is 0 Å². The van der Waals surface area contributed by atoms with Crippen LogP contribution in [0.25, 0.3) is 0 Å². The molecule has 3 aromatic carbocycles. The third-order valence-corrected chi connectivity index (χ3v) is 8.45. The maximum absolute atomic E-state index is 14.0. The highest BCUT2D eigenvalue weighted by atomic mass is 32.2. The van der Waals surface area contributed by atoms with E-state index in [2.05, 4.69) is 5.32 Å². The van der Waals surface area contributed by atoms with Crippen LogP contribution in [-0.4, -0.2) is 51.4 Å². The number of carbonyl (C=O) groups excluding carboxylic acids is 2. The van der Waals surface area contributed by atoms with E-state index in [9.17, 15) is 18.0 Å². The van der Waals surface area contributed by atoms with E-state index in [1.807, 2.05) is 45.0 Å². The molecule has 0 aliphatic carbocycles. The Kier molecular flexibility index (Phi) is 11.1. The smallest absolute Gasteiger partial charge is 0.264 e. The highest BCUT2D eigenvalue weighted by molar-refractivity contribution is 7.92. The van der Waals surface area contributed by atoms with E-state index >= 15 is 0 Å². The van der Waals surface area contributed by atoms with Gasteiger partial charge in [0.05, 0.1) is 17.7 Å². The first-order valence-corrected chi connectivity index (χ1v) is 15.0. The van der Waals surface area contributed by atoms with Crippen LogP contribution in [0.15, 0.2) is 83.8 Å². The molecule has 0 unspecified atom stereocenters. The molecule has 0 fully saturated rings. The molecule has 40 heavy (non-hydrogen) atoms. The fourth-order valence-corrected chi connectivity index (χ4v) is 5.75. The van der Waals surface area contributed by atoms with Gasteiger partial charge in [0.1, 0.15) is 18.3 Å². The van der Waals surface area contributed by atoms with Gasteiger partial charge in [0.15, 0.2) is 0 Å². The molecule has 0 spiro atoms. The molecule has 0 radical (unpaired) electrons. The zero-order chi connectivity index (χ0) is 29.1. The second-order valence-electron chi connectivity index (χ2n) is 9.60. The van der Waals surface area contributed by atoms with Gasteiger partial charge >= 0.3 is 0 Å². The molecule has 0 aromatic heterocycles. The molecule has 0 aliphatic heterocycles. The predicted octanol–water partition coefficient (Wildman–Crippen LogP) is 4.92. The Bertz CT molecular complexity index is 1340.